The Hall–Kier alpha value is -2.69. The average molecular weight is 340 g/mol. The maximum atomic E-state index is 13.9. The van der Waals surface area contributed by atoms with Gasteiger partial charge in [0, 0.05) is 12.2 Å². The van der Waals surface area contributed by atoms with Crippen molar-refractivity contribution in [2.75, 3.05) is 11.9 Å². The number of amides is 2. The highest BCUT2D eigenvalue weighted by molar-refractivity contribution is 6.02. The number of likely N-dealkylation sites (tertiary alicyclic amines) is 1. The van der Waals surface area contributed by atoms with Crippen LogP contribution in [0, 0.1) is 19.7 Å². The fourth-order valence-corrected chi connectivity index (χ4v) is 3.16. The lowest BCUT2D eigenvalue weighted by Crippen LogP contribution is -2.43. The second kappa shape index (κ2) is 7.05. The van der Waals surface area contributed by atoms with Crippen LogP contribution in [0.4, 0.5) is 10.1 Å². The highest BCUT2D eigenvalue weighted by Crippen LogP contribution is 2.24. The van der Waals surface area contributed by atoms with E-state index in [2.05, 4.69) is 5.32 Å². The predicted molar refractivity (Wildman–Crippen MR) is 95.0 cm³/mol. The van der Waals surface area contributed by atoms with Gasteiger partial charge in [0.1, 0.15) is 11.9 Å². The first-order chi connectivity index (χ1) is 12.0. The van der Waals surface area contributed by atoms with E-state index in [-0.39, 0.29) is 11.5 Å². The first-order valence-corrected chi connectivity index (χ1v) is 8.41. The van der Waals surface area contributed by atoms with Crippen molar-refractivity contribution in [1.82, 2.24) is 4.90 Å². The smallest absolute Gasteiger partial charge is 0.257 e. The van der Waals surface area contributed by atoms with Crippen LogP contribution in [0.25, 0.3) is 0 Å². The predicted octanol–water partition coefficient (Wildman–Crippen LogP) is 3.69. The van der Waals surface area contributed by atoms with Crippen molar-refractivity contribution >= 4 is 17.5 Å². The van der Waals surface area contributed by atoms with Gasteiger partial charge in [0.2, 0.25) is 5.91 Å². The van der Waals surface area contributed by atoms with Gasteiger partial charge in [0.25, 0.3) is 5.91 Å². The Labute approximate surface area is 146 Å². The highest BCUT2D eigenvalue weighted by atomic mass is 19.1. The zero-order valence-corrected chi connectivity index (χ0v) is 14.4. The Morgan fingerprint density at radius 2 is 1.92 bits per heavy atom. The number of nitrogens with one attached hydrogen (secondary N) is 1. The lowest BCUT2D eigenvalue weighted by molar-refractivity contribution is -0.119. The first kappa shape index (κ1) is 17.1. The molecule has 1 saturated heterocycles. The van der Waals surface area contributed by atoms with Gasteiger partial charge < -0.3 is 10.2 Å². The molecule has 5 heteroatoms. The van der Waals surface area contributed by atoms with Gasteiger partial charge in [0.05, 0.1) is 5.56 Å². The molecule has 1 fully saturated rings. The lowest BCUT2D eigenvalue weighted by Gasteiger charge is -2.24. The third-order valence-corrected chi connectivity index (χ3v) is 4.57. The van der Waals surface area contributed by atoms with Crippen molar-refractivity contribution in [2.24, 2.45) is 0 Å². The molecule has 0 radical (unpaired) electrons. The lowest BCUT2D eigenvalue weighted by atomic mass is 10.1. The van der Waals surface area contributed by atoms with Gasteiger partial charge in [-0.1, -0.05) is 24.3 Å². The zero-order valence-electron chi connectivity index (χ0n) is 14.4. The largest absolute Gasteiger partial charge is 0.327 e. The van der Waals surface area contributed by atoms with Gasteiger partial charge in [-0.05, 0) is 56.0 Å². The fourth-order valence-electron chi connectivity index (χ4n) is 3.16. The van der Waals surface area contributed by atoms with Crippen molar-refractivity contribution in [2.45, 2.75) is 32.7 Å². The van der Waals surface area contributed by atoms with E-state index >= 15 is 0 Å². The second-order valence-electron chi connectivity index (χ2n) is 6.44. The molecule has 0 saturated carbocycles. The van der Waals surface area contributed by atoms with E-state index < -0.39 is 17.8 Å². The summed E-state index contributed by atoms with van der Waals surface area (Å²) in [6, 6.07) is 11.1. The Morgan fingerprint density at radius 1 is 1.16 bits per heavy atom. The first-order valence-electron chi connectivity index (χ1n) is 8.41. The van der Waals surface area contributed by atoms with E-state index in [0.717, 1.165) is 23.2 Å². The molecule has 1 heterocycles. The van der Waals surface area contributed by atoms with Crippen molar-refractivity contribution in [1.29, 1.82) is 0 Å². The number of benzene rings is 2. The van der Waals surface area contributed by atoms with E-state index in [0.29, 0.717) is 13.0 Å². The van der Waals surface area contributed by atoms with Crippen LogP contribution in [0.1, 0.15) is 34.3 Å². The van der Waals surface area contributed by atoms with Crippen molar-refractivity contribution in [3.8, 4) is 0 Å². The fraction of sp³-hybridized carbons (Fsp3) is 0.300. The van der Waals surface area contributed by atoms with Crippen LogP contribution >= 0.6 is 0 Å². The summed E-state index contributed by atoms with van der Waals surface area (Å²) in [5.41, 5.74) is 2.76. The Balaban J connectivity index is 1.79. The summed E-state index contributed by atoms with van der Waals surface area (Å²) in [4.78, 5) is 26.8. The topological polar surface area (TPSA) is 49.4 Å². The molecular formula is C20H21FN2O2. The Bertz CT molecular complexity index is 819. The minimum absolute atomic E-state index is 0.00827. The molecule has 0 spiro atoms. The van der Waals surface area contributed by atoms with Gasteiger partial charge in [-0.2, -0.15) is 0 Å². The summed E-state index contributed by atoms with van der Waals surface area (Å²) >= 11 is 0. The monoisotopic (exact) mass is 340 g/mol. The summed E-state index contributed by atoms with van der Waals surface area (Å²) in [6.07, 6.45) is 1.31. The molecule has 3 rings (SSSR count). The summed E-state index contributed by atoms with van der Waals surface area (Å²) in [5.74, 6) is -1.22. The molecule has 1 aliphatic rings. The van der Waals surface area contributed by atoms with Gasteiger partial charge >= 0.3 is 0 Å². The molecule has 25 heavy (non-hydrogen) atoms. The number of carbonyl (C=O) groups excluding carboxylic acids is 2. The van der Waals surface area contributed by atoms with Gasteiger partial charge in [-0.25, -0.2) is 4.39 Å². The minimum Gasteiger partial charge on any atom is -0.327 e. The molecule has 1 N–H and O–H groups in total. The average Bonchev–Trinajstić information content (AvgIpc) is 3.08. The van der Waals surface area contributed by atoms with Crippen LogP contribution in [0.5, 0.6) is 0 Å². The summed E-state index contributed by atoms with van der Waals surface area (Å²) in [7, 11) is 0. The maximum absolute atomic E-state index is 13.9. The summed E-state index contributed by atoms with van der Waals surface area (Å²) in [5, 5.41) is 2.92. The van der Waals surface area contributed by atoms with E-state index in [1.165, 1.54) is 17.0 Å². The number of nitrogens with zero attached hydrogens (tertiary/aromatic N) is 1. The van der Waals surface area contributed by atoms with E-state index in [9.17, 15) is 14.0 Å². The van der Waals surface area contributed by atoms with E-state index in [1.54, 1.807) is 12.1 Å². The minimum atomic E-state index is -0.577. The summed E-state index contributed by atoms with van der Waals surface area (Å²) in [6.45, 7) is 4.34. The van der Waals surface area contributed by atoms with Gasteiger partial charge in [-0.3, -0.25) is 9.59 Å². The molecule has 0 aliphatic carbocycles. The Morgan fingerprint density at radius 3 is 2.68 bits per heavy atom. The molecule has 130 valence electrons. The molecule has 0 unspecified atom stereocenters. The number of hydrogen-bond acceptors (Lipinski definition) is 2. The number of carbonyl (C=O) groups is 2. The molecule has 1 atom stereocenters. The van der Waals surface area contributed by atoms with Crippen LogP contribution < -0.4 is 5.32 Å². The molecule has 4 nitrogen and oxygen atoms in total. The summed E-state index contributed by atoms with van der Waals surface area (Å²) < 4.78 is 13.9. The van der Waals surface area contributed by atoms with Gasteiger partial charge in [0.15, 0.2) is 0 Å². The quantitative estimate of drug-likeness (QED) is 0.926. The number of anilines is 1. The molecular weight excluding hydrogens is 319 g/mol. The number of halogens is 1. The SMILES string of the molecule is Cc1ccc(C)c(NC(=O)[C@H]2CCCN2C(=O)c2ccccc2F)c1. The van der Waals surface area contributed by atoms with Crippen LogP contribution in [-0.2, 0) is 4.79 Å². The molecule has 0 bridgehead atoms. The third-order valence-electron chi connectivity index (χ3n) is 4.57. The van der Waals surface area contributed by atoms with Crippen LogP contribution in [0.3, 0.4) is 0 Å². The molecule has 1 aliphatic heterocycles. The van der Waals surface area contributed by atoms with E-state index in [1.807, 2.05) is 32.0 Å². The normalized spacial score (nSPS) is 16.8. The number of aryl methyl sites for hydroxylation is 2. The number of rotatable bonds is 3. The highest BCUT2D eigenvalue weighted by Gasteiger charge is 2.35. The van der Waals surface area contributed by atoms with Gasteiger partial charge in [-0.15, -0.1) is 0 Å². The molecule has 2 amide bonds. The Kier molecular flexibility index (Phi) is 4.83. The van der Waals surface area contributed by atoms with E-state index in [4.69, 9.17) is 0 Å². The molecule has 2 aromatic rings. The molecule has 0 aromatic heterocycles. The maximum Gasteiger partial charge on any atom is 0.257 e. The van der Waals surface area contributed by atoms with Crippen molar-refractivity contribution in [3.05, 3.63) is 65.0 Å². The van der Waals surface area contributed by atoms with Crippen molar-refractivity contribution in [3.63, 3.8) is 0 Å². The second-order valence-corrected chi connectivity index (χ2v) is 6.44. The van der Waals surface area contributed by atoms with Crippen molar-refractivity contribution < 1.29 is 14.0 Å². The molecule has 2 aromatic carbocycles. The van der Waals surface area contributed by atoms with Crippen LogP contribution in [0.2, 0.25) is 0 Å². The third kappa shape index (κ3) is 3.55. The standard InChI is InChI=1S/C20H21FN2O2/c1-13-9-10-14(2)17(12-13)22-19(24)18-8-5-11-23(18)20(25)15-6-3-4-7-16(15)21/h3-4,6-7,9-10,12,18H,5,8,11H2,1-2H3,(H,22,24)/t18-/m1/s1. The van der Waals surface area contributed by atoms with Crippen LogP contribution in [-0.4, -0.2) is 29.3 Å². The number of hydrogen-bond donors (Lipinski definition) is 1. The zero-order chi connectivity index (χ0) is 18.0. The van der Waals surface area contributed by atoms with Crippen LogP contribution in [0.15, 0.2) is 42.5 Å².